The van der Waals surface area contributed by atoms with Crippen LogP contribution in [-0.2, 0) is 28.5 Å². The molecule has 32 heavy (non-hydrogen) atoms. The molecule has 0 aromatic heterocycles. The Morgan fingerprint density at radius 1 is 1.19 bits per heavy atom. The van der Waals surface area contributed by atoms with Gasteiger partial charge in [-0.2, -0.15) is 0 Å². The smallest absolute Gasteiger partial charge is 0.244 e. The SMILES string of the molecule is CCCCCCC(C)/C=C(C)/C=C/C(=O)NC1CC2(OC1OCC)C1OC1C(=O)C1OC12. The number of ether oxygens (including phenoxy) is 4. The van der Waals surface area contributed by atoms with Gasteiger partial charge in [0.1, 0.15) is 30.0 Å². The number of epoxide rings is 2. The van der Waals surface area contributed by atoms with Crippen LogP contribution in [0.2, 0.25) is 0 Å². The Hall–Kier alpha value is -1.54. The van der Waals surface area contributed by atoms with Gasteiger partial charge in [-0.25, -0.2) is 0 Å². The average molecular weight is 448 g/mol. The molecule has 7 heteroatoms. The summed E-state index contributed by atoms with van der Waals surface area (Å²) in [6.45, 7) is 8.82. The highest BCUT2D eigenvalue weighted by molar-refractivity contribution is 5.94. The lowest BCUT2D eigenvalue weighted by atomic mass is 9.81. The van der Waals surface area contributed by atoms with Gasteiger partial charge in [0.2, 0.25) is 5.91 Å². The van der Waals surface area contributed by atoms with Crippen molar-refractivity contribution in [3.05, 3.63) is 23.8 Å². The van der Waals surface area contributed by atoms with Crippen molar-refractivity contribution < 1.29 is 28.5 Å². The van der Waals surface area contributed by atoms with Crippen molar-refractivity contribution in [2.75, 3.05) is 6.61 Å². The first-order valence-corrected chi connectivity index (χ1v) is 12.2. The number of rotatable bonds is 11. The number of allylic oxidation sites excluding steroid dienone is 3. The lowest BCUT2D eigenvalue weighted by Gasteiger charge is -2.27. The van der Waals surface area contributed by atoms with Gasteiger partial charge in [0.25, 0.3) is 0 Å². The van der Waals surface area contributed by atoms with E-state index in [1.807, 2.05) is 19.9 Å². The van der Waals surface area contributed by atoms with Crippen molar-refractivity contribution >= 4 is 11.7 Å². The van der Waals surface area contributed by atoms with Crippen LogP contribution in [0.5, 0.6) is 0 Å². The Bertz CT molecular complexity index is 756. The largest absolute Gasteiger partial charge is 0.358 e. The van der Waals surface area contributed by atoms with Gasteiger partial charge in [0, 0.05) is 19.1 Å². The summed E-state index contributed by atoms with van der Waals surface area (Å²) < 4.78 is 23.3. The van der Waals surface area contributed by atoms with E-state index in [2.05, 4.69) is 25.2 Å². The second kappa shape index (κ2) is 9.75. The van der Waals surface area contributed by atoms with E-state index in [-0.39, 0.29) is 29.9 Å². The second-order valence-corrected chi connectivity index (χ2v) is 9.64. The van der Waals surface area contributed by atoms with E-state index in [0.717, 1.165) is 5.57 Å². The fraction of sp³-hybridized carbons (Fsp3) is 0.760. The highest BCUT2D eigenvalue weighted by Crippen LogP contribution is 2.57. The molecular formula is C25H37NO6. The van der Waals surface area contributed by atoms with Crippen molar-refractivity contribution in [2.24, 2.45) is 5.92 Å². The third-order valence-electron chi connectivity index (χ3n) is 6.93. The summed E-state index contributed by atoms with van der Waals surface area (Å²) in [4.78, 5) is 24.7. The van der Waals surface area contributed by atoms with E-state index in [4.69, 9.17) is 18.9 Å². The molecule has 4 rings (SSSR count). The molecule has 1 N–H and O–H groups in total. The molecule has 0 radical (unpaired) electrons. The zero-order chi connectivity index (χ0) is 22.9. The number of hydrogen-bond donors (Lipinski definition) is 1. The standard InChI is InChI=1S/C25H37NO6/c1-5-7-8-9-10-15(3)13-16(4)11-12-18(27)26-17-14-25(32-24(17)29-6-2)22-20(30-22)19(28)21-23(25)31-21/h11-13,15,17,20-24H,5-10,14H2,1-4H3,(H,26,27)/b12-11+,16-13+. The van der Waals surface area contributed by atoms with Crippen LogP contribution >= 0.6 is 0 Å². The number of carbonyl (C=O) groups excluding carboxylic acids is 2. The Morgan fingerprint density at radius 2 is 1.91 bits per heavy atom. The van der Waals surface area contributed by atoms with E-state index < -0.39 is 24.1 Å². The van der Waals surface area contributed by atoms with Gasteiger partial charge in [-0.3, -0.25) is 9.59 Å². The van der Waals surface area contributed by atoms with Crippen LogP contribution in [0, 0.1) is 5.92 Å². The number of ketones is 1. The first-order valence-electron chi connectivity index (χ1n) is 12.2. The predicted molar refractivity (Wildman–Crippen MR) is 119 cm³/mol. The van der Waals surface area contributed by atoms with Crippen LogP contribution in [-0.4, -0.2) is 60.6 Å². The van der Waals surface area contributed by atoms with E-state index in [9.17, 15) is 9.59 Å². The lowest BCUT2D eigenvalue weighted by molar-refractivity contribution is -0.184. The molecule has 3 aliphatic heterocycles. The topological polar surface area (TPSA) is 89.7 Å². The highest BCUT2D eigenvalue weighted by atomic mass is 16.7. The van der Waals surface area contributed by atoms with E-state index >= 15 is 0 Å². The first kappa shape index (κ1) is 23.6. The summed E-state index contributed by atoms with van der Waals surface area (Å²) in [5.41, 5.74) is 0.367. The number of amides is 1. The second-order valence-electron chi connectivity index (χ2n) is 9.64. The zero-order valence-electron chi connectivity index (χ0n) is 19.7. The minimum Gasteiger partial charge on any atom is -0.358 e. The van der Waals surface area contributed by atoms with Crippen LogP contribution in [0.4, 0.5) is 0 Å². The summed E-state index contributed by atoms with van der Waals surface area (Å²) in [5, 5.41) is 3.03. The molecule has 0 bridgehead atoms. The van der Waals surface area contributed by atoms with Gasteiger partial charge in [-0.1, -0.05) is 57.3 Å². The van der Waals surface area contributed by atoms with Gasteiger partial charge in [0.05, 0.1) is 6.04 Å². The zero-order valence-corrected chi connectivity index (χ0v) is 19.7. The summed E-state index contributed by atoms with van der Waals surface area (Å²) in [6.07, 6.45) is 10.3. The van der Waals surface area contributed by atoms with Crippen molar-refractivity contribution in [2.45, 2.75) is 109 Å². The molecule has 1 saturated carbocycles. The van der Waals surface area contributed by atoms with Gasteiger partial charge >= 0.3 is 0 Å². The summed E-state index contributed by atoms with van der Waals surface area (Å²) >= 11 is 0. The number of fused-ring (bicyclic) bond motifs is 4. The van der Waals surface area contributed by atoms with Crippen LogP contribution in [0.15, 0.2) is 23.8 Å². The lowest BCUT2D eigenvalue weighted by Crippen LogP contribution is -2.49. The average Bonchev–Trinajstić information content (AvgIpc) is 3.67. The van der Waals surface area contributed by atoms with Crippen LogP contribution in [0.1, 0.15) is 66.2 Å². The normalized spacial score (nSPS) is 38.6. The molecule has 7 atom stereocenters. The molecule has 178 valence electrons. The minimum atomic E-state index is -0.715. The molecular weight excluding hydrogens is 410 g/mol. The predicted octanol–water partition coefficient (Wildman–Crippen LogP) is 3.22. The summed E-state index contributed by atoms with van der Waals surface area (Å²) in [7, 11) is 0. The van der Waals surface area contributed by atoms with Crippen molar-refractivity contribution in [3.63, 3.8) is 0 Å². The van der Waals surface area contributed by atoms with Gasteiger partial charge in [-0.05, 0) is 26.2 Å². The fourth-order valence-electron chi connectivity index (χ4n) is 5.23. The molecule has 7 nitrogen and oxygen atoms in total. The van der Waals surface area contributed by atoms with Crippen LogP contribution in [0.3, 0.4) is 0 Å². The molecule has 3 heterocycles. The molecule has 1 aliphatic carbocycles. The maximum absolute atomic E-state index is 12.6. The van der Waals surface area contributed by atoms with E-state index in [0.29, 0.717) is 18.9 Å². The third kappa shape index (κ3) is 4.86. The Balaban J connectivity index is 1.31. The quantitative estimate of drug-likeness (QED) is 0.226. The Labute approximate surface area is 190 Å². The first-order chi connectivity index (χ1) is 15.4. The molecule has 0 aromatic carbocycles. The number of hydrogen-bond acceptors (Lipinski definition) is 6. The number of unbranched alkanes of at least 4 members (excludes halogenated alkanes) is 3. The van der Waals surface area contributed by atoms with E-state index in [1.165, 1.54) is 32.1 Å². The van der Waals surface area contributed by atoms with Crippen molar-refractivity contribution in [1.29, 1.82) is 0 Å². The number of nitrogens with one attached hydrogen (secondary N) is 1. The summed E-state index contributed by atoms with van der Waals surface area (Å²) in [5.74, 6) is 0.327. The summed E-state index contributed by atoms with van der Waals surface area (Å²) in [6, 6.07) is -0.322. The minimum absolute atomic E-state index is 0.0134. The number of carbonyl (C=O) groups is 2. The molecule has 1 amide bonds. The molecule has 4 fully saturated rings. The maximum atomic E-state index is 12.6. The van der Waals surface area contributed by atoms with Gasteiger partial charge in [-0.15, -0.1) is 0 Å². The number of Topliss-reactive ketones (excluding diaryl/α,β-unsaturated/α-hetero) is 1. The van der Waals surface area contributed by atoms with Gasteiger partial charge in [0.15, 0.2) is 12.1 Å². The Morgan fingerprint density at radius 3 is 2.56 bits per heavy atom. The van der Waals surface area contributed by atoms with Crippen LogP contribution < -0.4 is 5.32 Å². The maximum Gasteiger partial charge on any atom is 0.244 e. The molecule has 1 spiro atoms. The fourth-order valence-corrected chi connectivity index (χ4v) is 5.23. The van der Waals surface area contributed by atoms with E-state index in [1.54, 1.807) is 6.08 Å². The molecule has 4 aliphatic rings. The molecule has 7 unspecified atom stereocenters. The third-order valence-corrected chi connectivity index (χ3v) is 6.93. The van der Waals surface area contributed by atoms with Gasteiger partial charge < -0.3 is 24.3 Å². The highest BCUT2D eigenvalue weighted by Gasteiger charge is 2.79. The monoisotopic (exact) mass is 447 g/mol. The van der Waals surface area contributed by atoms with Crippen molar-refractivity contribution in [1.82, 2.24) is 5.32 Å². The Kier molecular flexibility index (Phi) is 7.20. The van der Waals surface area contributed by atoms with Crippen LogP contribution in [0.25, 0.3) is 0 Å². The molecule has 3 saturated heterocycles. The molecule has 0 aromatic rings. The van der Waals surface area contributed by atoms with Crippen molar-refractivity contribution in [3.8, 4) is 0 Å².